The molecule has 0 bridgehead atoms. The second kappa shape index (κ2) is 7.39. The average Bonchev–Trinajstić information content (AvgIpc) is 2.90. The Morgan fingerprint density at radius 2 is 2.22 bits per heavy atom. The number of thioether (sulfide) groups is 1. The number of rotatable bonds is 5. The topological polar surface area (TPSA) is 38.3 Å². The molecule has 0 aromatic heterocycles. The summed E-state index contributed by atoms with van der Waals surface area (Å²) in [6.07, 6.45) is 11.2. The fourth-order valence-corrected chi connectivity index (χ4v) is 3.78. The third-order valence-corrected chi connectivity index (χ3v) is 5.14. The number of amides is 1. The zero-order chi connectivity index (χ0) is 12.8. The lowest BCUT2D eigenvalue weighted by Gasteiger charge is -2.28. The van der Waals surface area contributed by atoms with Crippen molar-refractivity contribution in [2.24, 2.45) is 0 Å². The van der Waals surface area contributed by atoms with Crippen molar-refractivity contribution < 1.29 is 9.53 Å². The van der Waals surface area contributed by atoms with Crippen LogP contribution in [0, 0.1) is 0 Å². The molecule has 1 amide bonds. The van der Waals surface area contributed by atoms with E-state index in [1.807, 2.05) is 11.8 Å². The van der Waals surface area contributed by atoms with Crippen molar-refractivity contribution in [2.75, 3.05) is 12.9 Å². The molecule has 2 aliphatic rings. The minimum absolute atomic E-state index is 0.220. The normalized spacial score (nSPS) is 32.4. The van der Waals surface area contributed by atoms with E-state index < -0.39 is 0 Å². The average molecular weight is 271 g/mol. The molecule has 0 spiro atoms. The van der Waals surface area contributed by atoms with Gasteiger partial charge in [0.2, 0.25) is 5.91 Å². The maximum absolute atomic E-state index is 11.9. The largest absolute Gasteiger partial charge is 0.378 e. The van der Waals surface area contributed by atoms with E-state index in [0.717, 1.165) is 44.0 Å². The molecule has 1 saturated carbocycles. The standard InChI is InChI=1S/C14H25NO2S/c1-18-13-6-2-4-11(10-13)15-14(16)8-7-12-5-3-9-17-12/h11-13H,2-10H2,1H3,(H,15,16)/t11-,12+,13+/m1/s1. The molecule has 1 aliphatic heterocycles. The number of carbonyl (C=O) groups is 1. The fraction of sp³-hybridized carbons (Fsp3) is 0.929. The molecule has 0 aromatic rings. The van der Waals surface area contributed by atoms with E-state index in [1.165, 1.54) is 12.8 Å². The monoisotopic (exact) mass is 271 g/mol. The minimum atomic E-state index is 0.220. The predicted octanol–water partition coefficient (Wildman–Crippen LogP) is 2.74. The summed E-state index contributed by atoms with van der Waals surface area (Å²) in [5, 5.41) is 3.94. The number of hydrogen-bond acceptors (Lipinski definition) is 3. The van der Waals surface area contributed by atoms with Crippen LogP contribution in [0.3, 0.4) is 0 Å². The van der Waals surface area contributed by atoms with Gasteiger partial charge < -0.3 is 10.1 Å². The van der Waals surface area contributed by atoms with Crippen LogP contribution >= 0.6 is 11.8 Å². The highest BCUT2D eigenvalue weighted by Gasteiger charge is 2.23. The first-order valence-corrected chi connectivity index (χ1v) is 8.50. The number of carbonyl (C=O) groups excluding carboxylic acids is 1. The summed E-state index contributed by atoms with van der Waals surface area (Å²) in [6.45, 7) is 0.879. The molecule has 104 valence electrons. The van der Waals surface area contributed by atoms with Crippen LogP contribution in [0.5, 0.6) is 0 Å². The van der Waals surface area contributed by atoms with Crippen molar-refractivity contribution in [3.63, 3.8) is 0 Å². The van der Waals surface area contributed by atoms with Gasteiger partial charge in [0.15, 0.2) is 0 Å². The summed E-state index contributed by atoms with van der Waals surface area (Å²) in [4.78, 5) is 11.9. The van der Waals surface area contributed by atoms with Crippen LogP contribution in [0.15, 0.2) is 0 Å². The van der Waals surface area contributed by atoms with Crippen molar-refractivity contribution in [2.45, 2.75) is 68.8 Å². The SMILES string of the molecule is CS[C@H]1CCC[C@@H](NC(=O)CC[C@@H]2CCCO2)C1. The summed E-state index contributed by atoms with van der Waals surface area (Å²) < 4.78 is 5.54. The lowest BCUT2D eigenvalue weighted by atomic mass is 9.95. The molecule has 0 aromatic carbocycles. The molecule has 1 heterocycles. The Bertz CT molecular complexity index is 267. The summed E-state index contributed by atoms with van der Waals surface area (Å²) >= 11 is 1.94. The minimum Gasteiger partial charge on any atom is -0.378 e. The van der Waals surface area contributed by atoms with Gasteiger partial charge in [0.05, 0.1) is 6.10 Å². The Morgan fingerprint density at radius 1 is 1.33 bits per heavy atom. The highest BCUT2D eigenvalue weighted by molar-refractivity contribution is 7.99. The van der Waals surface area contributed by atoms with Crippen LogP contribution in [-0.4, -0.2) is 36.2 Å². The van der Waals surface area contributed by atoms with E-state index >= 15 is 0 Å². The van der Waals surface area contributed by atoms with Gasteiger partial charge in [-0.15, -0.1) is 0 Å². The van der Waals surface area contributed by atoms with Gasteiger partial charge in [-0.3, -0.25) is 4.79 Å². The second-order valence-electron chi connectivity index (χ2n) is 5.46. The smallest absolute Gasteiger partial charge is 0.220 e. The van der Waals surface area contributed by atoms with Crippen molar-refractivity contribution in [1.29, 1.82) is 0 Å². The van der Waals surface area contributed by atoms with Gasteiger partial charge in [0.1, 0.15) is 0 Å². The lowest BCUT2D eigenvalue weighted by molar-refractivity contribution is -0.122. The number of ether oxygens (including phenoxy) is 1. The highest BCUT2D eigenvalue weighted by atomic mass is 32.2. The third-order valence-electron chi connectivity index (χ3n) is 4.04. The van der Waals surface area contributed by atoms with Crippen LogP contribution in [-0.2, 0) is 9.53 Å². The Hall–Kier alpha value is -0.220. The molecule has 2 fully saturated rings. The summed E-state index contributed by atoms with van der Waals surface area (Å²) in [6, 6.07) is 0.410. The third kappa shape index (κ3) is 4.47. The summed E-state index contributed by atoms with van der Waals surface area (Å²) in [7, 11) is 0. The van der Waals surface area contributed by atoms with Gasteiger partial charge in [-0.05, 0) is 44.8 Å². The molecule has 1 aliphatic carbocycles. The molecule has 18 heavy (non-hydrogen) atoms. The van der Waals surface area contributed by atoms with Gasteiger partial charge in [-0.1, -0.05) is 6.42 Å². The first-order valence-electron chi connectivity index (χ1n) is 7.21. The maximum atomic E-state index is 11.9. The van der Waals surface area contributed by atoms with E-state index in [-0.39, 0.29) is 5.91 Å². The van der Waals surface area contributed by atoms with Gasteiger partial charge in [-0.2, -0.15) is 11.8 Å². The molecule has 1 N–H and O–H groups in total. The lowest BCUT2D eigenvalue weighted by Crippen LogP contribution is -2.39. The van der Waals surface area contributed by atoms with E-state index in [0.29, 0.717) is 18.6 Å². The van der Waals surface area contributed by atoms with E-state index in [4.69, 9.17) is 4.74 Å². The van der Waals surface area contributed by atoms with Gasteiger partial charge in [-0.25, -0.2) is 0 Å². The maximum Gasteiger partial charge on any atom is 0.220 e. The predicted molar refractivity (Wildman–Crippen MR) is 75.9 cm³/mol. The van der Waals surface area contributed by atoms with Gasteiger partial charge in [0, 0.05) is 24.3 Å². The molecule has 1 saturated heterocycles. The molecular weight excluding hydrogens is 246 g/mol. The zero-order valence-electron chi connectivity index (χ0n) is 11.3. The van der Waals surface area contributed by atoms with Crippen LogP contribution < -0.4 is 5.32 Å². The zero-order valence-corrected chi connectivity index (χ0v) is 12.1. The molecule has 0 unspecified atom stereocenters. The number of hydrogen-bond donors (Lipinski definition) is 1. The van der Waals surface area contributed by atoms with Crippen molar-refractivity contribution in [3.05, 3.63) is 0 Å². The second-order valence-corrected chi connectivity index (χ2v) is 6.60. The van der Waals surface area contributed by atoms with Crippen molar-refractivity contribution >= 4 is 17.7 Å². The Kier molecular flexibility index (Phi) is 5.83. The van der Waals surface area contributed by atoms with E-state index in [9.17, 15) is 4.79 Å². The van der Waals surface area contributed by atoms with Crippen LogP contribution in [0.25, 0.3) is 0 Å². The van der Waals surface area contributed by atoms with Crippen molar-refractivity contribution in [3.8, 4) is 0 Å². The van der Waals surface area contributed by atoms with E-state index in [2.05, 4.69) is 11.6 Å². The molecule has 4 heteroatoms. The van der Waals surface area contributed by atoms with Crippen LogP contribution in [0.4, 0.5) is 0 Å². The first kappa shape index (κ1) is 14.2. The number of nitrogens with one attached hydrogen (secondary N) is 1. The van der Waals surface area contributed by atoms with Crippen LogP contribution in [0.2, 0.25) is 0 Å². The first-order chi connectivity index (χ1) is 8.78. The van der Waals surface area contributed by atoms with E-state index in [1.54, 1.807) is 0 Å². The Morgan fingerprint density at radius 3 is 2.94 bits per heavy atom. The quantitative estimate of drug-likeness (QED) is 0.835. The van der Waals surface area contributed by atoms with Crippen molar-refractivity contribution in [1.82, 2.24) is 5.32 Å². The van der Waals surface area contributed by atoms with Gasteiger partial charge in [0.25, 0.3) is 0 Å². The highest BCUT2D eigenvalue weighted by Crippen LogP contribution is 2.27. The Balaban J connectivity index is 1.63. The summed E-state index contributed by atoms with van der Waals surface area (Å²) in [5.74, 6) is 0.220. The molecule has 3 nitrogen and oxygen atoms in total. The molecule has 0 radical (unpaired) electrons. The fourth-order valence-electron chi connectivity index (χ4n) is 2.95. The molecular formula is C14H25NO2S. The van der Waals surface area contributed by atoms with Gasteiger partial charge >= 0.3 is 0 Å². The summed E-state index contributed by atoms with van der Waals surface area (Å²) in [5.41, 5.74) is 0. The molecule has 2 rings (SSSR count). The Labute approximate surface area is 114 Å². The van der Waals surface area contributed by atoms with Crippen LogP contribution in [0.1, 0.15) is 51.4 Å². The molecule has 3 atom stereocenters.